The summed E-state index contributed by atoms with van der Waals surface area (Å²) in [6, 6.07) is 13.2. The van der Waals surface area contributed by atoms with E-state index in [0.717, 1.165) is 61.9 Å². The molecule has 0 atom stereocenters. The van der Waals surface area contributed by atoms with Crippen LogP contribution in [-0.4, -0.2) is 35.6 Å². The molecule has 0 radical (unpaired) electrons. The molecular weight excluding hydrogens is 440 g/mol. The van der Waals surface area contributed by atoms with Crippen LogP contribution < -0.4 is 10.6 Å². The number of rotatable bonds is 14. The van der Waals surface area contributed by atoms with Crippen molar-refractivity contribution in [3.8, 4) is 0 Å². The molecule has 3 rings (SSSR count). The summed E-state index contributed by atoms with van der Waals surface area (Å²) in [6.45, 7) is 10.7. The molecule has 0 aliphatic carbocycles. The Morgan fingerprint density at radius 2 is 1.77 bits per heavy atom. The van der Waals surface area contributed by atoms with Crippen molar-refractivity contribution in [2.24, 2.45) is 0 Å². The van der Waals surface area contributed by atoms with Crippen molar-refractivity contribution in [2.45, 2.75) is 51.4 Å². The minimum Gasteiger partial charge on any atom is -0.460 e. The van der Waals surface area contributed by atoms with Gasteiger partial charge in [0, 0.05) is 51.0 Å². The van der Waals surface area contributed by atoms with Crippen LogP contribution in [0.15, 0.2) is 40.8 Å². The fraction of sp³-hybridized carbons (Fsp3) is 0.520. The van der Waals surface area contributed by atoms with E-state index in [-0.39, 0.29) is 4.75 Å². The fourth-order valence-corrected chi connectivity index (χ4v) is 5.96. The zero-order chi connectivity index (χ0) is 22.1. The van der Waals surface area contributed by atoms with E-state index < -0.39 is 0 Å². The summed E-state index contributed by atoms with van der Waals surface area (Å²) < 4.78 is 6.27. The van der Waals surface area contributed by atoms with Crippen molar-refractivity contribution in [1.82, 2.24) is 10.6 Å². The molecule has 0 saturated carbocycles. The number of hydrogen-bond acceptors (Lipinski definition) is 6. The molecule has 2 aromatic heterocycles. The lowest BCUT2D eigenvalue weighted by Gasteiger charge is -2.24. The molecule has 0 fully saturated rings. The Morgan fingerprint density at radius 3 is 2.55 bits per heavy atom. The number of benzene rings is 1. The fourth-order valence-electron chi connectivity index (χ4n) is 3.63. The highest BCUT2D eigenvalue weighted by Gasteiger charge is 2.21. The lowest BCUT2D eigenvalue weighted by molar-refractivity contribution is 0.520. The molecule has 3 aromatic rings. The maximum absolute atomic E-state index is 6.08. The molecule has 0 unspecified atom stereocenters. The second kappa shape index (κ2) is 12.4. The van der Waals surface area contributed by atoms with Gasteiger partial charge in [-0.25, -0.2) is 0 Å². The van der Waals surface area contributed by atoms with Gasteiger partial charge in [-0.15, -0.1) is 11.3 Å². The average Bonchev–Trinajstić information content (AvgIpc) is 3.38. The molecule has 31 heavy (non-hydrogen) atoms. The van der Waals surface area contributed by atoms with Gasteiger partial charge in [-0.1, -0.05) is 32.9 Å². The molecular formula is C25H36N2OS3. The summed E-state index contributed by atoms with van der Waals surface area (Å²) in [6.07, 6.45) is 4.31. The summed E-state index contributed by atoms with van der Waals surface area (Å²) in [5.74, 6) is 3.27. The molecule has 0 saturated heterocycles. The van der Waals surface area contributed by atoms with Gasteiger partial charge < -0.3 is 15.1 Å². The van der Waals surface area contributed by atoms with E-state index in [1.54, 1.807) is 0 Å². The Hall–Kier alpha value is -0.920. The summed E-state index contributed by atoms with van der Waals surface area (Å²) in [5.41, 5.74) is 2.39. The van der Waals surface area contributed by atoms with E-state index in [2.05, 4.69) is 74.1 Å². The summed E-state index contributed by atoms with van der Waals surface area (Å²) >= 11 is 5.83. The van der Waals surface area contributed by atoms with E-state index in [4.69, 9.17) is 4.42 Å². The minimum absolute atomic E-state index is 0.183. The number of aryl methyl sites for hydroxylation is 1. The van der Waals surface area contributed by atoms with Crippen molar-refractivity contribution in [2.75, 3.05) is 30.9 Å². The second-order valence-corrected chi connectivity index (χ2v) is 12.4. The number of hydrogen-bond donors (Lipinski definition) is 2. The number of fused-ring (bicyclic) bond motifs is 1. The Kier molecular flexibility index (Phi) is 9.85. The van der Waals surface area contributed by atoms with E-state index in [0.29, 0.717) is 0 Å². The van der Waals surface area contributed by atoms with Crippen LogP contribution in [0.25, 0.3) is 11.0 Å². The smallest absolute Gasteiger partial charge is 0.134 e. The van der Waals surface area contributed by atoms with Gasteiger partial charge in [-0.05, 0) is 48.9 Å². The van der Waals surface area contributed by atoms with E-state index in [1.165, 1.54) is 20.7 Å². The van der Waals surface area contributed by atoms with E-state index in [9.17, 15) is 0 Å². The van der Waals surface area contributed by atoms with Crippen molar-refractivity contribution < 1.29 is 4.42 Å². The highest BCUT2D eigenvalue weighted by atomic mass is 32.2. The average molecular weight is 477 g/mol. The number of furan rings is 1. The van der Waals surface area contributed by atoms with Crippen LogP contribution in [0.5, 0.6) is 0 Å². The zero-order valence-corrected chi connectivity index (χ0v) is 21.7. The Labute approximate surface area is 200 Å². The first kappa shape index (κ1) is 24.7. The van der Waals surface area contributed by atoms with Crippen molar-refractivity contribution in [1.29, 1.82) is 0 Å². The van der Waals surface area contributed by atoms with E-state index >= 15 is 0 Å². The lowest BCUT2D eigenvalue weighted by atomic mass is 9.99. The minimum atomic E-state index is 0.183. The number of nitrogens with one attached hydrogen (secondary N) is 2. The highest BCUT2D eigenvalue weighted by molar-refractivity contribution is 8.00. The molecule has 2 heterocycles. The molecule has 0 aliphatic rings. The van der Waals surface area contributed by atoms with Gasteiger partial charge in [0.15, 0.2) is 0 Å². The first-order chi connectivity index (χ1) is 15.0. The summed E-state index contributed by atoms with van der Waals surface area (Å²) in [4.78, 5) is 2.91. The third-order valence-electron chi connectivity index (χ3n) is 5.24. The largest absolute Gasteiger partial charge is 0.460 e. The summed E-state index contributed by atoms with van der Waals surface area (Å²) in [5, 5.41) is 8.33. The van der Waals surface area contributed by atoms with Gasteiger partial charge in [-0.3, -0.25) is 0 Å². The Balaban J connectivity index is 1.48. The molecule has 2 N–H and O–H groups in total. The first-order valence-electron chi connectivity index (χ1n) is 11.1. The van der Waals surface area contributed by atoms with Crippen molar-refractivity contribution >= 4 is 45.8 Å². The Bertz CT molecular complexity index is 932. The molecule has 3 nitrogen and oxygen atoms in total. The van der Waals surface area contributed by atoms with Gasteiger partial charge in [0.25, 0.3) is 0 Å². The predicted octanol–water partition coefficient (Wildman–Crippen LogP) is 6.35. The highest BCUT2D eigenvalue weighted by Crippen LogP contribution is 2.32. The van der Waals surface area contributed by atoms with Gasteiger partial charge in [0.05, 0.1) is 6.54 Å². The normalized spacial score (nSPS) is 12.1. The first-order valence-corrected chi connectivity index (χ1v) is 14.3. The second-order valence-electron chi connectivity index (χ2n) is 8.39. The maximum Gasteiger partial charge on any atom is 0.134 e. The quantitative estimate of drug-likeness (QED) is 0.265. The third kappa shape index (κ3) is 7.86. The van der Waals surface area contributed by atoms with Crippen LogP contribution in [0.2, 0.25) is 0 Å². The molecule has 1 aromatic carbocycles. The van der Waals surface area contributed by atoms with Crippen LogP contribution in [0, 0.1) is 0 Å². The monoisotopic (exact) mass is 476 g/mol. The van der Waals surface area contributed by atoms with Crippen LogP contribution in [0.3, 0.4) is 0 Å². The van der Waals surface area contributed by atoms with Gasteiger partial charge in [-0.2, -0.15) is 23.5 Å². The van der Waals surface area contributed by atoms with E-state index in [1.807, 2.05) is 34.9 Å². The topological polar surface area (TPSA) is 37.2 Å². The SMILES string of the molecule is CCc1ccc(CNCCSC(C)(C)Cc2cccc3oc(CNCCSC)cc23)s1. The Morgan fingerprint density at radius 1 is 1.00 bits per heavy atom. The zero-order valence-electron chi connectivity index (χ0n) is 19.3. The standard InChI is InChI=1S/C25H36N2OS3/c1-5-21-9-10-22(31-21)18-27-12-14-30-25(2,3)16-19-7-6-8-24-23(19)15-20(28-24)17-26-11-13-29-4/h6-10,15,26-27H,5,11-14,16-18H2,1-4H3. The maximum atomic E-state index is 6.08. The van der Waals surface area contributed by atoms with Gasteiger partial charge in [0.1, 0.15) is 11.3 Å². The van der Waals surface area contributed by atoms with Gasteiger partial charge >= 0.3 is 0 Å². The molecule has 0 spiro atoms. The van der Waals surface area contributed by atoms with Gasteiger partial charge in [0.2, 0.25) is 0 Å². The number of thiophene rings is 1. The molecule has 0 aliphatic heterocycles. The van der Waals surface area contributed by atoms with Crippen LogP contribution >= 0.6 is 34.9 Å². The third-order valence-corrected chi connectivity index (χ3v) is 8.41. The molecule has 170 valence electrons. The van der Waals surface area contributed by atoms with Crippen molar-refractivity contribution in [3.05, 3.63) is 57.5 Å². The van der Waals surface area contributed by atoms with Crippen LogP contribution in [-0.2, 0) is 25.9 Å². The molecule has 6 heteroatoms. The predicted molar refractivity (Wildman–Crippen MR) is 142 cm³/mol. The number of thioether (sulfide) groups is 2. The van der Waals surface area contributed by atoms with Crippen LogP contribution in [0.1, 0.15) is 41.8 Å². The summed E-state index contributed by atoms with van der Waals surface area (Å²) in [7, 11) is 0. The van der Waals surface area contributed by atoms with Crippen LogP contribution in [0.4, 0.5) is 0 Å². The molecule has 0 bridgehead atoms. The van der Waals surface area contributed by atoms with Crippen molar-refractivity contribution in [3.63, 3.8) is 0 Å². The lowest BCUT2D eigenvalue weighted by Crippen LogP contribution is -2.23. The molecule has 0 amide bonds.